The van der Waals surface area contributed by atoms with E-state index >= 15 is 0 Å². The molecule has 0 spiro atoms. The van der Waals surface area contributed by atoms with E-state index in [4.69, 9.17) is 14.2 Å². The van der Waals surface area contributed by atoms with Gasteiger partial charge in [-0.1, -0.05) is 37.4 Å². The minimum atomic E-state index is -0.494. The lowest BCUT2D eigenvalue weighted by Crippen LogP contribution is -2.11. The molecular weight excluding hydrogens is 380 g/mol. The second-order valence-electron chi connectivity index (χ2n) is 7.56. The van der Waals surface area contributed by atoms with E-state index in [0.717, 1.165) is 24.0 Å². The molecule has 0 bridgehead atoms. The molecule has 0 radical (unpaired) electrons. The third kappa shape index (κ3) is 4.62. The standard InChI is InChI=1S/C25H26O5/c1-15(2)24(26)29-14-20-7-6-19-12-17(8-10-21(19)20)18-9-11-22(28-5)23(13-18)30-25(27)16(3)4/h8-13,20H,1,3,6-7,14H2,2,4-5H3. The van der Waals surface area contributed by atoms with Gasteiger partial charge in [-0.25, -0.2) is 9.59 Å². The van der Waals surface area contributed by atoms with Crippen molar-refractivity contribution in [2.75, 3.05) is 13.7 Å². The molecule has 156 valence electrons. The van der Waals surface area contributed by atoms with Crippen molar-refractivity contribution in [2.24, 2.45) is 0 Å². The normalized spacial score (nSPS) is 14.6. The minimum Gasteiger partial charge on any atom is -0.493 e. The Morgan fingerprint density at radius 1 is 0.967 bits per heavy atom. The first kappa shape index (κ1) is 21.4. The fourth-order valence-electron chi connectivity index (χ4n) is 3.48. The van der Waals surface area contributed by atoms with Crippen LogP contribution in [0, 0.1) is 0 Å². The summed E-state index contributed by atoms with van der Waals surface area (Å²) in [7, 11) is 1.53. The Kier molecular flexibility index (Phi) is 6.40. The number of methoxy groups -OCH3 is 1. The van der Waals surface area contributed by atoms with Crippen LogP contribution in [0.5, 0.6) is 11.5 Å². The topological polar surface area (TPSA) is 61.8 Å². The van der Waals surface area contributed by atoms with Gasteiger partial charge in [0.1, 0.15) is 0 Å². The van der Waals surface area contributed by atoms with E-state index in [2.05, 4.69) is 25.3 Å². The van der Waals surface area contributed by atoms with Gasteiger partial charge in [-0.15, -0.1) is 0 Å². The number of rotatable bonds is 7. The monoisotopic (exact) mass is 406 g/mol. The SMILES string of the molecule is C=C(C)C(=O)OCC1CCc2cc(-c3ccc(OC)c(OC(=O)C(=C)C)c3)ccc21. The molecule has 1 atom stereocenters. The molecule has 30 heavy (non-hydrogen) atoms. The zero-order chi connectivity index (χ0) is 21.8. The first-order chi connectivity index (χ1) is 14.3. The second kappa shape index (κ2) is 8.99. The molecule has 5 nitrogen and oxygen atoms in total. The number of aryl methyl sites for hydroxylation is 1. The Morgan fingerprint density at radius 3 is 2.30 bits per heavy atom. The fraction of sp³-hybridized carbons (Fsp3) is 0.280. The van der Waals surface area contributed by atoms with Crippen molar-refractivity contribution in [3.63, 3.8) is 0 Å². The van der Waals surface area contributed by atoms with Crippen molar-refractivity contribution < 1.29 is 23.8 Å². The summed E-state index contributed by atoms with van der Waals surface area (Å²) in [4.78, 5) is 23.6. The minimum absolute atomic E-state index is 0.195. The molecule has 1 unspecified atom stereocenters. The van der Waals surface area contributed by atoms with Crippen LogP contribution < -0.4 is 9.47 Å². The van der Waals surface area contributed by atoms with Gasteiger partial charge in [-0.05, 0) is 61.1 Å². The number of carbonyl (C=O) groups is 2. The van der Waals surface area contributed by atoms with E-state index in [9.17, 15) is 9.59 Å². The Labute approximate surface area is 177 Å². The average molecular weight is 406 g/mol. The Hall–Kier alpha value is -3.34. The Bertz CT molecular complexity index is 1020. The Balaban J connectivity index is 1.82. The summed E-state index contributed by atoms with van der Waals surface area (Å²) in [5.74, 6) is 0.184. The van der Waals surface area contributed by atoms with Gasteiger partial charge < -0.3 is 14.2 Å². The first-order valence-electron chi connectivity index (χ1n) is 9.81. The maximum atomic E-state index is 12.0. The predicted molar refractivity (Wildman–Crippen MR) is 116 cm³/mol. The number of fused-ring (bicyclic) bond motifs is 1. The highest BCUT2D eigenvalue weighted by Crippen LogP contribution is 2.38. The summed E-state index contributed by atoms with van der Waals surface area (Å²) in [5, 5.41) is 0. The molecule has 0 saturated carbocycles. The quantitative estimate of drug-likeness (QED) is 0.368. The summed E-state index contributed by atoms with van der Waals surface area (Å²) >= 11 is 0. The molecule has 0 aromatic heterocycles. The van der Waals surface area contributed by atoms with E-state index in [-0.39, 0.29) is 11.9 Å². The van der Waals surface area contributed by atoms with Crippen LogP contribution in [-0.2, 0) is 20.7 Å². The van der Waals surface area contributed by atoms with Gasteiger partial charge >= 0.3 is 11.9 Å². The maximum Gasteiger partial charge on any atom is 0.338 e. The van der Waals surface area contributed by atoms with E-state index < -0.39 is 5.97 Å². The second-order valence-corrected chi connectivity index (χ2v) is 7.56. The number of ether oxygens (including phenoxy) is 3. The number of hydrogen-bond donors (Lipinski definition) is 0. The summed E-state index contributed by atoms with van der Waals surface area (Å²) < 4.78 is 16.1. The highest BCUT2D eigenvalue weighted by molar-refractivity contribution is 5.89. The number of carbonyl (C=O) groups excluding carboxylic acids is 2. The third-order valence-corrected chi connectivity index (χ3v) is 5.16. The predicted octanol–water partition coefficient (Wildman–Crippen LogP) is 4.99. The van der Waals surface area contributed by atoms with Gasteiger partial charge in [0.25, 0.3) is 0 Å². The average Bonchev–Trinajstić information content (AvgIpc) is 3.13. The summed E-state index contributed by atoms with van der Waals surface area (Å²) in [6, 6.07) is 11.8. The van der Waals surface area contributed by atoms with E-state index in [1.54, 1.807) is 26.0 Å². The van der Waals surface area contributed by atoms with Crippen LogP contribution in [0.15, 0.2) is 60.7 Å². The van der Waals surface area contributed by atoms with Crippen molar-refractivity contribution in [3.05, 3.63) is 71.8 Å². The van der Waals surface area contributed by atoms with Gasteiger partial charge in [-0.2, -0.15) is 0 Å². The molecule has 5 heteroatoms. The lowest BCUT2D eigenvalue weighted by atomic mass is 9.97. The van der Waals surface area contributed by atoms with Crippen molar-refractivity contribution in [2.45, 2.75) is 32.6 Å². The van der Waals surface area contributed by atoms with Crippen molar-refractivity contribution in [3.8, 4) is 22.6 Å². The largest absolute Gasteiger partial charge is 0.493 e. The van der Waals surface area contributed by atoms with Crippen molar-refractivity contribution >= 4 is 11.9 Å². The summed E-state index contributed by atoms with van der Waals surface area (Å²) in [6.45, 7) is 10.8. The lowest BCUT2D eigenvalue weighted by molar-refractivity contribution is -0.139. The molecule has 1 aliphatic rings. The smallest absolute Gasteiger partial charge is 0.338 e. The molecule has 2 aromatic rings. The zero-order valence-corrected chi connectivity index (χ0v) is 17.6. The molecule has 0 saturated heterocycles. The number of benzene rings is 2. The molecule has 1 aliphatic carbocycles. The van der Waals surface area contributed by atoms with E-state index in [1.807, 2.05) is 12.1 Å². The van der Waals surface area contributed by atoms with Crippen LogP contribution in [0.3, 0.4) is 0 Å². The first-order valence-corrected chi connectivity index (χ1v) is 9.81. The molecule has 0 heterocycles. The summed E-state index contributed by atoms with van der Waals surface area (Å²) in [5.41, 5.74) is 5.10. The van der Waals surface area contributed by atoms with Crippen LogP contribution in [0.1, 0.15) is 37.3 Å². The third-order valence-electron chi connectivity index (χ3n) is 5.16. The number of hydrogen-bond acceptors (Lipinski definition) is 5. The molecule has 0 aliphatic heterocycles. The van der Waals surface area contributed by atoms with Crippen LogP contribution in [-0.4, -0.2) is 25.7 Å². The van der Waals surface area contributed by atoms with Gasteiger partial charge in [0.05, 0.1) is 13.7 Å². The molecule has 2 aromatic carbocycles. The number of esters is 2. The molecule has 3 rings (SSSR count). The van der Waals surface area contributed by atoms with Crippen LogP contribution in [0.2, 0.25) is 0 Å². The highest BCUT2D eigenvalue weighted by atomic mass is 16.6. The van der Waals surface area contributed by atoms with Gasteiger partial charge in [0.2, 0.25) is 0 Å². The Morgan fingerprint density at radius 2 is 1.63 bits per heavy atom. The van der Waals surface area contributed by atoms with Gasteiger partial charge in [0.15, 0.2) is 11.5 Å². The van der Waals surface area contributed by atoms with Crippen molar-refractivity contribution in [1.82, 2.24) is 0 Å². The highest BCUT2D eigenvalue weighted by Gasteiger charge is 2.24. The molecular formula is C25H26O5. The van der Waals surface area contributed by atoms with Crippen LogP contribution >= 0.6 is 0 Å². The maximum absolute atomic E-state index is 12.0. The van der Waals surface area contributed by atoms with E-state index in [1.165, 1.54) is 18.2 Å². The summed E-state index contributed by atoms with van der Waals surface area (Å²) in [6.07, 6.45) is 1.86. The zero-order valence-electron chi connectivity index (χ0n) is 17.6. The fourth-order valence-corrected chi connectivity index (χ4v) is 3.48. The van der Waals surface area contributed by atoms with E-state index in [0.29, 0.717) is 29.3 Å². The lowest BCUT2D eigenvalue weighted by Gasteiger charge is -2.14. The molecule has 0 amide bonds. The van der Waals surface area contributed by atoms with Gasteiger partial charge in [-0.3, -0.25) is 0 Å². The molecule has 0 N–H and O–H groups in total. The van der Waals surface area contributed by atoms with Crippen molar-refractivity contribution in [1.29, 1.82) is 0 Å². The van der Waals surface area contributed by atoms with Crippen LogP contribution in [0.25, 0.3) is 11.1 Å². The van der Waals surface area contributed by atoms with Crippen LogP contribution in [0.4, 0.5) is 0 Å². The molecule has 0 fully saturated rings. The van der Waals surface area contributed by atoms with Gasteiger partial charge in [0, 0.05) is 17.1 Å².